The van der Waals surface area contributed by atoms with Crippen LogP contribution in [-0.4, -0.2) is 20.9 Å². The summed E-state index contributed by atoms with van der Waals surface area (Å²) in [4.78, 5) is 0. The summed E-state index contributed by atoms with van der Waals surface area (Å²) in [7, 11) is 0. The van der Waals surface area contributed by atoms with E-state index in [1.807, 2.05) is 23.0 Å². The lowest BCUT2D eigenvalue weighted by Crippen LogP contribution is -2.09. The van der Waals surface area contributed by atoms with Crippen molar-refractivity contribution in [2.45, 2.75) is 26.2 Å². The van der Waals surface area contributed by atoms with Gasteiger partial charge in [0.25, 0.3) is 0 Å². The number of hydrogen-bond acceptors (Lipinski definition) is 2. The van der Waals surface area contributed by atoms with E-state index in [1.54, 1.807) is 6.92 Å². The Labute approximate surface area is 65.9 Å². The Morgan fingerprint density at radius 2 is 2.36 bits per heavy atom. The van der Waals surface area contributed by atoms with Gasteiger partial charge in [0.1, 0.15) is 0 Å². The molecule has 0 saturated carbocycles. The predicted octanol–water partition coefficient (Wildman–Crippen LogP) is 0.361. The lowest BCUT2D eigenvalue weighted by Gasteiger charge is -2.04. The van der Waals surface area contributed by atoms with Crippen LogP contribution >= 0.6 is 0 Å². The Bertz CT molecular complexity index is 218. The molecule has 3 nitrogen and oxygen atoms in total. The van der Waals surface area contributed by atoms with Gasteiger partial charge in [0.15, 0.2) is 0 Å². The number of nitrogens with zero attached hydrogens (tertiary/aromatic N) is 1. The molecule has 11 heavy (non-hydrogen) atoms. The van der Waals surface area contributed by atoms with Crippen molar-refractivity contribution in [1.29, 1.82) is 0 Å². The maximum absolute atomic E-state index is 9.00. The average Bonchev–Trinajstić information content (AvgIpc) is 2.34. The molecule has 62 valence electrons. The van der Waals surface area contributed by atoms with Crippen molar-refractivity contribution in [3.05, 3.63) is 24.0 Å². The van der Waals surface area contributed by atoms with Crippen LogP contribution in [0.5, 0.6) is 0 Å². The molecule has 0 spiro atoms. The van der Waals surface area contributed by atoms with Crippen molar-refractivity contribution in [1.82, 2.24) is 4.57 Å². The minimum Gasteiger partial charge on any atom is -0.392 e. The zero-order valence-electron chi connectivity index (χ0n) is 6.57. The zero-order valence-corrected chi connectivity index (χ0v) is 6.57. The van der Waals surface area contributed by atoms with Crippen molar-refractivity contribution in [2.75, 3.05) is 0 Å². The first kappa shape index (κ1) is 8.30. The second kappa shape index (κ2) is 3.55. The maximum atomic E-state index is 9.00. The van der Waals surface area contributed by atoms with Gasteiger partial charge >= 0.3 is 0 Å². The summed E-state index contributed by atoms with van der Waals surface area (Å²) in [6, 6.07) is 1.84. The molecule has 0 aliphatic rings. The molecule has 0 radical (unpaired) electrons. The molecule has 2 N–H and O–H groups in total. The summed E-state index contributed by atoms with van der Waals surface area (Å²) in [6.45, 7) is 2.38. The van der Waals surface area contributed by atoms with Crippen LogP contribution in [0.15, 0.2) is 18.5 Å². The number of aliphatic hydroxyl groups is 2. The zero-order chi connectivity index (χ0) is 8.27. The number of hydrogen-bond donors (Lipinski definition) is 2. The topological polar surface area (TPSA) is 45.4 Å². The quantitative estimate of drug-likeness (QED) is 0.662. The van der Waals surface area contributed by atoms with E-state index in [0.717, 1.165) is 5.56 Å². The SMILES string of the molecule is CC(O)Cn1ccc(CO)c1. The molecule has 0 bridgehead atoms. The van der Waals surface area contributed by atoms with Crippen LogP contribution in [0, 0.1) is 0 Å². The standard InChI is InChI=1S/C8H13NO2/c1-7(11)4-9-3-2-8(5-9)6-10/h2-3,5,7,10-11H,4,6H2,1H3. The number of rotatable bonds is 3. The van der Waals surface area contributed by atoms with Crippen LogP contribution in [0.4, 0.5) is 0 Å². The molecule has 0 aromatic carbocycles. The normalized spacial score (nSPS) is 13.4. The van der Waals surface area contributed by atoms with E-state index in [1.165, 1.54) is 0 Å². The van der Waals surface area contributed by atoms with Gasteiger partial charge in [-0.2, -0.15) is 0 Å². The van der Waals surface area contributed by atoms with Gasteiger partial charge in [0.2, 0.25) is 0 Å². The van der Waals surface area contributed by atoms with Crippen molar-refractivity contribution in [3.63, 3.8) is 0 Å². The van der Waals surface area contributed by atoms with Crippen molar-refractivity contribution in [3.8, 4) is 0 Å². The van der Waals surface area contributed by atoms with E-state index in [2.05, 4.69) is 0 Å². The second-order valence-corrected chi connectivity index (χ2v) is 2.72. The summed E-state index contributed by atoms with van der Waals surface area (Å²) < 4.78 is 1.86. The summed E-state index contributed by atoms with van der Waals surface area (Å²) in [5.74, 6) is 0. The Kier molecular flexibility index (Phi) is 2.68. The van der Waals surface area contributed by atoms with E-state index in [-0.39, 0.29) is 12.7 Å². The first-order valence-electron chi connectivity index (χ1n) is 3.66. The van der Waals surface area contributed by atoms with Crippen molar-refractivity contribution < 1.29 is 10.2 Å². The van der Waals surface area contributed by atoms with E-state index in [0.29, 0.717) is 6.54 Å². The molecule has 0 amide bonds. The maximum Gasteiger partial charge on any atom is 0.0696 e. The molecule has 0 fully saturated rings. The molecule has 1 aromatic heterocycles. The minimum absolute atomic E-state index is 0.0623. The van der Waals surface area contributed by atoms with Gasteiger partial charge < -0.3 is 14.8 Å². The highest BCUT2D eigenvalue weighted by Gasteiger charge is 1.98. The van der Waals surface area contributed by atoms with Gasteiger partial charge in [-0.15, -0.1) is 0 Å². The predicted molar refractivity (Wildman–Crippen MR) is 42.0 cm³/mol. The summed E-state index contributed by atoms with van der Waals surface area (Å²) in [6.07, 6.45) is 3.33. The third-order valence-corrected chi connectivity index (χ3v) is 1.47. The lowest BCUT2D eigenvalue weighted by atomic mass is 10.4. The van der Waals surface area contributed by atoms with Crippen LogP contribution in [0.2, 0.25) is 0 Å². The fourth-order valence-corrected chi connectivity index (χ4v) is 1.00. The van der Waals surface area contributed by atoms with E-state index >= 15 is 0 Å². The smallest absolute Gasteiger partial charge is 0.0696 e. The molecule has 0 saturated heterocycles. The van der Waals surface area contributed by atoms with Crippen LogP contribution < -0.4 is 0 Å². The summed E-state index contributed by atoms with van der Waals surface area (Å²) >= 11 is 0. The highest BCUT2D eigenvalue weighted by molar-refractivity contribution is 5.08. The van der Waals surface area contributed by atoms with Crippen LogP contribution in [0.25, 0.3) is 0 Å². The Hall–Kier alpha value is -0.800. The van der Waals surface area contributed by atoms with Gasteiger partial charge in [0.05, 0.1) is 12.7 Å². The lowest BCUT2D eigenvalue weighted by molar-refractivity contribution is 0.173. The monoisotopic (exact) mass is 155 g/mol. The second-order valence-electron chi connectivity index (χ2n) is 2.72. The third kappa shape index (κ3) is 2.37. The largest absolute Gasteiger partial charge is 0.392 e. The van der Waals surface area contributed by atoms with Gasteiger partial charge in [-0.25, -0.2) is 0 Å². The molecule has 1 unspecified atom stereocenters. The molecule has 1 rings (SSSR count). The molecule has 0 aliphatic carbocycles. The average molecular weight is 155 g/mol. The van der Waals surface area contributed by atoms with Gasteiger partial charge in [-0.1, -0.05) is 0 Å². The van der Waals surface area contributed by atoms with Gasteiger partial charge in [0, 0.05) is 18.9 Å². The molecule has 1 aromatic rings. The molecule has 1 heterocycles. The van der Waals surface area contributed by atoms with E-state index < -0.39 is 0 Å². The fraction of sp³-hybridized carbons (Fsp3) is 0.500. The van der Waals surface area contributed by atoms with Crippen LogP contribution in [0.3, 0.4) is 0 Å². The first-order valence-corrected chi connectivity index (χ1v) is 3.66. The van der Waals surface area contributed by atoms with Crippen LogP contribution in [0.1, 0.15) is 12.5 Å². The Balaban J connectivity index is 2.58. The third-order valence-electron chi connectivity index (χ3n) is 1.47. The fourth-order valence-electron chi connectivity index (χ4n) is 1.00. The molecule has 1 atom stereocenters. The molecule has 0 aliphatic heterocycles. The summed E-state index contributed by atoms with van der Waals surface area (Å²) in [5, 5.41) is 17.7. The van der Waals surface area contributed by atoms with Crippen LogP contribution in [-0.2, 0) is 13.2 Å². The minimum atomic E-state index is -0.339. The molecular weight excluding hydrogens is 142 g/mol. The molecular formula is C8H13NO2. The Morgan fingerprint density at radius 3 is 2.82 bits per heavy atom. The molecule has 3 heteroatoms. The van der Waals surface area contributed by atoms with E-state index in [4.69, 9.17) is 10.2 Å². The van der Waals surface area contributed by atoms with E-state index in [9.17, 15) is 0 Å². The Morgan fingerprint density at radius 1 is 1.64 bits per heavy atom. The van der Waals surface area contributed by atoms with Crippen molar-refractivity contribution >= 4 is 0 Å². The van der Waals surface area contributed by atoms with Gasteiger partial charge in [-0.3, -0.25) is 0 Å². The van der Waals surface area contributed by atoms with Gasteiger partial charge in [-0.05, 0) is 18.6 Å². The highest BCUT2D eigenvalue weighted by Crippen LogP contribution is 2.01. The summed E-state index contributed by atoms with van der Waals surface area (Å²) in [5.41, 5.74) is 0.880. The number of aliphatic hydroxyl groups excluding tert-OH is 2. The number of aromatic nitrogens is 1. The first-order chi connectivity index (χ1) is 5.22. The van der Waals surface area contributed by atoms with Crippen molar-refractivity contribution in [2.24, 2.45) is 0 Å². The highest BCUT2D eigenvalue weighted by atomic mass is 16.3.